The van der Waals surface area contributed by atoms with E-state index in [-0.39, 0.29) is 11.9 Å². The van der Waals surface area contributed by atoms with Crippen LogP contribution in [0.4, 0.5) is 0 Å². The largest absolute Gasteiger partial charge is 0.341 e. The molecule has 0 aromatic carbocycles. The molecule has 0 aromatic heterocycles. The molecular formula is C8H16N2O. The molecule has 1 atom stereocenters. The highest BCUT2D eigenvalue weighted by molar-refractivity contribution is 5.83. The molecule has 1 fully saturated rings. The number of nitrogens with zero attached hydrogens (tertiary/aromatic N) is 1. The van der Waals surface area contributed by atoms with Gasteiger partial charge < -0.3 is 10.6 Å². The topological polar surface area (TPSA) is 46.3 Å². The molecule has 1 aliphatic heterocycles. The van der Waals surface area contributed by atoms with Crippen LogP contribution < -0.4 is 5.73 Å². The van der Waals surface area contributed by atoms with E-state index in [0.717, 1.165) is 19.5 Å². The summed E-state index contributed by atoms with van der Waals surface area (Å²) >= 11 is 0. The van der Waals surface area contributed by atoms with Crippen LogP contribution in [0.15, 0.2) is 0 Å². The van der Waals surface area contributed by atoms with E-state index in [0.29, 0.717) is 5.92 Å². The van der Waals surface area contributed by atoms with Gasteiger partial charge in [0, 0.05) is 13.1 Å². The Labute approximate surface area is 67.5 Å². The molecule has 1 saturated heterocycles. The van der Waals surface area contributed by atoms with Crippen molar-refractivity contribution in [3.05, 3.63) is 0 Å². The third-order valence-electron chi connectivity index (χ3n) is 1.92. The first-order chi connectivity index (χ1) is 5.11. The van der Waals surface area contributed by atoms with Crippen molar-refractivity contribution < 1.29 is 4.79 Å². The number of nitrogens with two attached hydrogens (primary N) is 1. The highest BCUT2D eigenvalue weighted by atomic mass is 16.2. The molecule has 11 heavy (non-hydrogen) atoms. The summed E-state index contributed by atoms with van der Waals surface area (Å²) in [4.78, 5) is 13.1. The van der Waals surface area contributed by atoms with E-state index in [9.17, 15) is 4.79 Å². The molecule has 0 unspecified atom stereocenters. The first-order valence-corrected chi connectivity index (χ1v) is 4.15. The predicted octanol–water partition coefficient (Wildman–Crippen LogP) is 0.202. The molecule has 3 nitrogen and oxygen atoms in total. The maximum absolute atomic E-state index is 11.2. The van der Waals surface area contributed by atoms with Crippen molar-refractivity contribution in [2.75, 3.05) is 13.1 Å². The van der Waals surface area contributed by atoms with E-state index in [1.165, 1.54) is 0 Å². The molecule has 3 heteroatoms. The Morgan fingerprint density at radius 3 is 2.73 bits per heavy atom. The number of hydrogen-bond acceptors (Lipinski definition) is 2. The van der Waals surface area contributed by atoms with Crippen LogP contribution in [0.2, 0.25) is 0 Å². The molecule has 0 bridgehead atoms. The molecule has 1 rings (SSSR count). The van der Waals surface area contributed by atoms with E-state index in [2.05, 4.69) is 13.8 Å². The maximum atomic E-state index is 11.2. The van der Waals surface area contributed by atoms with E-state index >= 15 is 0 Å². The summed E-state index contributed by atoms with van der Waals surface area (Å²) in [7, 11) is 0. The number of likely N-dealkylation sites (tertiary alicyclic amines) is 1. The van der Waals surface area contributed by atoms with Crippen LogP contribution in [-0.2, 0) is 4.79 Å². The summed E-state index contributed by atoms with van der Waals surface area (Å²) in [5.41, 5.74) is 5.55. The van der Waals surface area contributed by atoms with Gasteiger partial charge in [0.25, 0.3) is 0 Å². The van der Waals surface area contributed by atoms with Crippen LogP contribution in [-0.4, -0.2) is 29.9 Å². The predicted molar refractivity (Wildman–Crippen MR) is 44.0 cm³/mol. The van der Waals surface area contributed by atoms with Gasteiger partial charge in [-0.1, -0.05) is 13.8 Å². The molecule has 0 aromatic rings. The van der Waals surface area contributed by atoms with Gasteiger partial charge in [0.1, 0.15) is 0 Å². The highest BCUT2D eigenvalue weighted by Crippen LogP contribution is 2.10. The smallest absolute Gasteiger partial charge is 0.239 e. The standard InChI is InChI=1S/C8H16N2O/c1-6(2)5-10-4-3-7(9)8(10)11/h6-7H,3-5,9H2,1-2H3/t7-/m1/s1. The Morgan fingerprint density at radius 1 is 1.73 bits per heavy atom. The van der Waals surface area contributed by atoms with E-state index in [1.807, 2.05) is 4.90 Å². The van der Waals surface area contributed by atoms with Crippen molar-refractivity contribution in [3.8, 4) is 0 Å². The second-order valence-electron chi connectivity index (χ2n) is 3.57. The maximum Gasteiger partial charge on any atom is 0.239 e. The van der Waals surface area contributed by atoms with Crippen LogP contribution in [0.3, 0.4) is 0 Å². The summed E-state index contributed by atoms with van der Waals surface area (Å²) in [6.07, 6.45) is 0.825. The van der Waals surface area contributed by atoms with Crippen LogP contribution >= 0.6 is 0 Å². The first-order valence-electron chi connectivity index (χ1n) is 4.15. The normalized spacial score (nSPS) is 25.3. The number of carbonyl (C=O) groups excluding carboxylic acids is 1. The highest BCUT2D eigenvalue weighted by Gasteiger charge is 2.28. The minimum absolute atomic E-state index is 0.124. The van der Waals surface area contributed by atoms with E-state index < -0.39 is 0 Å². The summed E-state index contributed by atoms with van der Waals surface area (Å²) < 4.78 is 0. The summed E-state index contributed by atoms with van der Waals surface area (Å²) in [6.45, 7) is 5.92. The fourth-order valence-electron chi connectivity index (χ4n) is 1.39. The molecule has 0 spiro atoms. The van der Waals surface area contributed by atoms with Gasteiger partial charge in [-0.2, -0.15) is 0 Å². The van der Waals surface area contributed by atoms with Crippen molar-refractivity contribution in [3.63, 3.8) is 0 Å². The lowest BCUT2D eigenvalue weighted by Crippen LogP contribution is -2.35. The number of amides is 1. The summed E-state index contributed by atoms with van der Waals surface area (Å²) in [6, 6.07) is -0.228. The van der Waals surface area contributed by atoms with Crippen LogP contribution in [0.5, 0.6) is 0 Å². The fourth-order valence-corrected chi connectivity index (χ4v) is 1.39. The molecule has 0 saturated carbocycles. The zero-order valence-corrected chi connectivity index (χ0v) is 7.21. The van der Waals surface area contributed by atoms with Crippen molar-refractivity contribution in [2.45, 2.75) is 26.3 Å². The second-order valence-corrected chi connectivity index (χ2v) is 3.57. The number of hydrogen-bond donors (Lipinski definition) is 1. The summed E-state index contributed by atoms with van der Waals surface area (Å²) in [5.74, 6) is 0.669. The SMILES string of the molecule is CC(C)CN1CC[C@@H](N)C1=O. The monoisotopic (exact) mass is 156 g/mol. The molecule has 0 aliphatic carbocycles. The molecule has 1 heterocycles. The third-order valence-corrected chi connectivity index (χ3v) is 1.92. The Morgan fingerprint density at radius 2 is 2.36 bits per heavy atom. The van der Waals surface area contributed by atoms with Gasteiger partial charge >= 0.3 is 0 Å². The summed E-state index contributed by atoms with van der Waals surface area (Å²) in [5, 5.41) is 0. The Hall–Kier alpha value is -0.570. The Kier molecular flexibility index (Phi) is 2.49. The van der Waals surface area contributed by atoms with Gasteiger partial charge in [-0.25, -0.2) is 0 Å². The van der Waals surface area contributed by atoms with E-state index in [1.54, 1.807) is 0 Å². The zero-order valence-electron chi connectivity index (χ0n) is 7.21. The van der Waals surface area contributed by atoms with Gasteiger partial charge in [0.15, 0.2) is 0 Å². The minimum atomic E-state index is -0.228. The molecule has 64 valence electrons. The Bertz CT molecular complexity index is 156. The lowest BCUT2D eigenvalue weighted by Gasteiger charge is -2.17. The lowest BCUT2D eigenvalue weighted by atomic mass is 10.2. The van der Waals surface area contributed by atoms with E-state index in [4.69, 9.17) is 5.73 Å². The van der Waals surface area contributed by atoms with Crippen molar-refractivity contribution in [1.82, 2.24) is 4.90 Å². The minimum Gasteiger partial charge on any atom is -0.341 e. The molecule has 2 N–H and O–H groups in total. The van der Waals surface area contributed by atoms with Crippen molar-refractivity contribution in [2.24, 2.45) is 11.7 Å². The van der Waals surface area contributed by atoms with Crippen LogP contribution in [0.25, 0.3) is 0 Å². The van der Waals surface area contributed by atoms with Gasteiger partial charge in [0.05, 0.1) is 6.04 Å². The molecule has 1 amide bonds. The zero-order chi connectivity index (χ0) is 8.43. The average Bonchev–Trinajstić information content (AvgIpc) is 2.18. The first kappa shape index (κ1) is 8.53. The fraction of sp³-hybridized carbons (Fsp3) is 0.875. The van der Waals surface area contributed by atoms with Gasteiger partial charge in [-0.05, 0) is 12.3 Å². The number of rotatable bonds is 2. The lowest BCUT2D eigenvalue weighted by molar-refractivity contribution is -0.129. The Balaban J connectivity index is 2.42. The number of carbonyl (C=O) groups is 1. The van der Waals surface area contributed by atoms with Gasteiger partial charge in [-0.15, -0.1) is 0 Å². The quantitative estimate of drug-likeness (QED) is 0.621. The molecular weight excluding hydrogens is 140 g/mol. The van der Waals surface area contributed by atoms with Crippen molar-refractivity contribution >= 4 is 5.91 Å². The van der Waals surface area contributed by atoms with Crippen LogP contribution in [0.1, 0.15) is 20.3 Å². The van der Waals surface area contributed by atoms with Crippen LogP contribution in [0, 0.1) is 5.92 Å². The van der Waals surface area contributed by atoms with Gasteiger partial charge in [0.2, 0.25) is 5.91 Å². The average molecular weight is 156 g/mol. The molecule has 0 radical (unpaired) electrons. The third kappa shape index (κ3) is 1.93. The second kappa shape index (κ2) is 3.22. The molecule has 1 aliphatic rings. The van der Waals surface area contributed by atoms with Crippen molar-refractivity contribution in [1.29, 1.82) is 0 Å². The van der Waals surface area contributed by atoms with Gasteiger partial charge in [-0.3, -0.25) is 4.79 Å².